The first-order chi connectivity index (χ1) is 7.34. The zero-order valence-electron chi connectivity index (χ0n) is 8.77. The molecule has 80 valence electrons. The van der Waals surface area contributed by atoms with Crippen LogP contribution in [0.4, 0.5) is 0 Å². The van der Waals surface area contributed by atoms with Crippen molar-refractivity contribution < 1.29 is 9.47 Å². The molecule has 1 fully saturated rings. The topological polar surface area (TPSA) is 30.5 Å². The number of fused-ring (bicyclic) bond motifs is 3. The third kappa shape index (κ3) is 1.52. The summed E-state index contributed by atoms with van der Waals surface area (Å²) in [6.07, 6.45) is 0.427. The van der Waals surface area contributed by atoms with Gasteiger partial charge < -0.3 is 14.8 Å². The minimum atomic E-state index is 0.152. The molecule has 0 radical (unpaired) electrons. The van der Waals surface area contributed by atoms with Gasteiger partial charge in [0.1, 0.15) is 18.5 Å². The lowest BCUT2D eigenvalue weighted by Gasteiger charge is -2.40. The number of hydrogen-bond donors (Lipinski definition) is 1. The van der Waals surface area contributed by atoms with Crippen LogP contribution in [-0.2, 0) is 4.74 Å². The van der Waals surface area contributed by atoms with Gasteiger partial charge in [0.25, 0.3) is 0 Å². The third-order valence-electron chi connectivity index (χ3n) is 3.06. The van der Waals surface area contributed by atoms with E-state index in [9.17, 15) is 0 Å². The number of ether oxygens (including phenoxy) is 2. The summed E-state index contributed by atoms with van der Waals surface area (Å²) >= 11 is 0. The molecule has 0 spiro atoms. The maximum Gasteiger partial charge on any atom is 0.125 e. The average molecular weight is 205 g/mol. The van der Waals surface area contributed by atoms with E-state index in [4.69, 9.17) is 9.47 Å². The minimum Gasteiger partial charge on any atom is -0.491 e. The lowest BCUT2D eigenvalue weighted by molar-refractivity contribution is -0.0745. The van der Waals surface area contributed by atoms with Gasteiger partial charge in [0.15, 0.2) is 0 Å². The Morgan fingerprint density at radius 3 is 3.13 bits per heavy atom. The summed E-state index contributed by atoms with van der Waals surface area (Å²) in [6.45, 7) is 3.71. The molecule has 3 atom stereocenters. The standard InChI is InChI=1S/C12H15NO2/c1-8-6-13-10-7-14-11-5-3-2-4-9(11)12(10)15-8/h2-5,8,10,12-13H,6-7H2,1H3. The van der Waals surface area contributed by atoms with Crippen molar-refractivity contribution in [2.45, 2.75) is 25.2 Å². The first-order valence-electron chi connectivity index (χ1n) is 5.45. The van der Waals surface area contributed by atoms with Crippen LogP contribution in [0.3, 0.4) is 0 Å². The summed E-state index contributed by atoms with van der Waals surface area (Å²) in [7, 11) is 0. The largest absolute Gasteiger partial charge is 0.491 e. The van der Waals surface area contributed by atoms with Gasteiger partial charge in [-0.05, 0) is 13.0 Å². The Hall–Kier alpha value is -1.06. The van der Waals surface area contributed by atoms with E-state index < -0.39 is 0 Å². The quantitative estimate of drug-likeness (QED) is 0.696. The van der Waals surface area contributed by atoms with Crippen molar-refractivity contribution in [1.82, 2.24) is 5.32 Å². The average Bonchev–Trinajstić information content (AvgIpc) is 2.29. The van der Waals surface area contributed by atoms with Gasteiger partial charge in [0.05, 0.1) is 12.1 Å². The van der Waals surface area contributed by atoms with Crippen molar-refractivity contribution in [1.29, 1.82) is 0 Å². The summed E-state index contributed by atoms with van der Waals surface area (Å²) < 4.78 is 11.7. The van der Waals surface area contributed by atoms with Crippen molar-refractivity contribution in [2.75, 3.05) is 13.2 Å². The molecule has 0 aliphatic carbocycles. The fourth-order valence-corrected chi connectivity index (χ4v) is 2.28. The molecule has 1 aromatic carbocycles. The van der Waals surface area contributed by atoms with Gasteiger partial charge >= 0.3 is 0 Å². The zero-order valence-corrected chi connectivity index (χ0v) is 8.77. The predicted molar refractivity (Wildman–Crippen MR) is 57.0 cm³/mol. The molecule has 0 aromatic heterocycles. The molecule has 2 aliphatic rings. The van der Waals surface area contributed by atoms with Gasteiger partial charge in [0.2, 0.25) is 0 Å². The maximum atomic E-state index is 5.97. The van der Waals surface area contributed by atoms with E-state index in [1.54, 1.807) is 0 Å². The fourth-order valence-electron chi connectivity index (χ4n) is 2.28. The van der Waals surface area contributed by atoms with Crippen LogP contribution in [0, 0.1) is 0 Å². The van der Waals surface area contributed by atoms with Crippen molar-refractivity contribution >= 4 is 0 Å². The van der Waals surface area contributed by atoms with E-state index in [-0.39, 0.29) is 12.2 Å². The molecule has 1 aromatic rings. The summed E-state index contributed by atoms with van der Waals surface area (Å²) in [5.41, 5.74) is 1.17. The van der Waals surface area contributed by atoms with Gasteiger partial charge in [0, 0.05) is 12.1 Å². The molecule has 3 rings (SSSR count). The highest BCUT2D eigenvalue weighted by atomic mass is 16.5. The maximum absolute atomic E-state index is 5.97. The Bertz CT molecular complexity index is 366. The number of nitrogens with one attached hydrogen (secondary N) is 1. The van der Waals surface area contributed by atoms with E-state index in [1.165, 1.54) is 5.56 Å². The van der Waals surface area contributed by atoms with Crippen LogP contribution in [-0.4, -0.2) is 25.3 Å². The Kier molecular flexibility index (Phi) is 2.15. The zero-order chi connectivity index (χ0) is 10.3. The lowest BCUT2D eigenvalue weighted by atomic mass is 9.97. The normalized spacial score (nSPS) is 33.8. The van der Waals surface area contributed by atoms with Crippen molar-refractivity contribution in [2.24, 2.45) is 0 Å². The first kappa shape index (κ1) is 9.19. The second-order valence-corrected chi connectivity index (χ2v) is 4.23. The van der Waals surface area contributed by atoms with E-state index in [0.717, 1.165) is 12.3 Å². The smallest absolute Gasteiger partial charge is 0.125 e. The van der Waals surface area contributed by atoms with Crippen molar-refractivity contribution in [3.63, 3.8) is 0 Å². The molecule has 0 saturated carbocycles. The molecule has 2 heterocycles. The van der Waals surface area contributed by atoms with Gasteiger partial charge in [-0.25, -0.2) is 0 Å². The fraction of sp³-hybridized carbons (Fsp3) is 0.500. The van der Waals surface area contributed by atoms with Gasteiger partial charge in [-0.3, -0.25) is 0 Å². The molecule has 3 nitrogen and oxygen atoms in total. The summed E-state index contributed by atoms with van der Waals surface area (Å²) in [6, 6.07) is 8.43. The first-order valence-corrected chi connectivity index (χ1v) is 5.45. The monoisotopic (exact) mass is 205 g/mol. The number of morpholine rings is 1. The SMILES string of the molecule is CC1CNC2COc3ccccc3C2O1. The molecular formula is C12H15NO2. The molecule has 0 bridgehead atoms. The number of para-hydroxylation sites is 1. The van der Waals surface area contributed by atoms with E-state index in [1.807, 2.05) is 18.2 Å². The molecule has 3 unspecified atom stereocenters. The van der Waals surface area contributed by atoms with Crippen LogP contribution >= 0.6 is 0 Å². The van der Waals surface area contributed by atoms with Crippen LogP contribution in [0.2, 0.25) is 0 Å². The summed E-state index contributed by atoms with van der Waals surface area (Å²) in [5.74, 6) is 0.967. The molecule has 3 heteroatoms. The molecule has 1 saturated heterocycles. The highest BCUT2D eigenvalue weighted by Crippen LogP contribution is 2.36. The Morgan fingerprint density at radius 2 is 2.20 bits per heavy atom. The Balaban J connectivity index is 1.96. The molecular weight excluding hydrogens is 190 g/mol. The van der Waals surface area contributed by atoms with Crippen LogP contribution in [0.1, 0.15) is 18.6 Å². The highest BCUT2D eigenvalue weighted by molar-refractivity contribution is 5.38. The second-order valence-electron chi connectivity index (χ2n) is 4.23. The number of benzene rings is 1. The van der Waals surface area contributed by atoms with Crippen LogP contribution < -0.4 is 10.1 Å². The van der Waals surface area contributed by atoms with Crippen molar-refractivity contribution in [3.05, 3.63) is 29.8 Å². The number of hydrogen-bond acceptors (Lipinski definition) is 3. The Labute approximate surface area is 89.4 Å². The number of rotatable bonds is 0. The summed E-state index contributed by atoms with van der Waals surface area (Å²) in [5, 5.41) is 3.46. The Morgan fingerprint density at radius 1 is 1.33 bits per heavy atom. The molecule has 15 heavy (non-hydrogen) atoms. The second kappa shape index (κ2) is 3.51. The van der Waals surface area contributed by atoms with Crippen LogP contribution in [0.5, 0.6) is 5.75 Å². The van der Waals surface area contributed by atoms with E-state index in [2.05, 4.69) is 18.3 Å². The van der Waals surface area contributed by atoms with E-state index in [0.29, 0.717) is 12.6 Å². The summed E-state index contributed by atoms with van der Waals surface area (Å²) in [4.78, 5) is 0. The third-order valence-corrected chi connectivity index (χ3v) is 3.06. The predicted octanol–water partition coefficient (Wildman–Crippen LogP) is 1.50. The van der Waals surface area contributed by atoms with Gasteiger partial charge in [-0.2, -0.15) is 0 Å². The van der Waals surface area contributed by atoms with Gasteiger partial charge in [-0.15, -0.1) is 0 Å². The molecule has 2 aliphatic heterocycles. The van der Waals surface area contributed by atoms with E-state index >= 15 is 0 Å². The van der Waals surface area contributed by atoms with Crippen LogP contribution in [0.15, 0.2) is 24.3 Å². The lowest BCUT2D eigenvalue weighted by Crippen LogP contribution is -2.51. The minimum absolute atomic E-state index is 0.152. The highest BCUT2D eigenvalue weighted by Gasteiger charge is 2.35. The molecule has 1 N–H and O–H groups in total. The molecule has 0 amide bonds. The van der Waals surface area contributed by atoms with Crippen LogP contribution in [0.25, 0.3) is 0 Å². The van der Waals surface area contributed by atoms with Crippen molar-refractivity contribution in [3.8, 4) is 5.75 Å². The van der Waals surface area contributed by atoms with Gasteiger partial charge in [-0.1, -0.05) is 18.2 Å².